The van der Waals surface area contributed by atoms with Gasteiger partial charge in [0.1, 0.15) is 0 Å². The first-order valence-corrected chi connectivity index (χ1v) is 9.23. The zero-order valence-corrected chi connectivity index (χ0v) is 14.7. The topological polar surface area (TPSA) is 61.9 Å². The average Bonchev–Trinajstić information content (AvgIpc) is 2.69. The fourth-order valence-corrected chi connectivity index (χ4v) is 3.33. The standard InChI is InChI=1S/C19H27N3O3/c23-18(22-10-2-1-3-11-22)8-9-20-19(24)16-4-6-17(7-5-16)21-12-14-25-15-13-21/h4-7H,1-3,8-15H2,(H,20,24). The summed E-state index contributed by atoms with van der Waals surface area (Å²) in [5.41, 5.74) is 1.74. The molecule has 0 radical (unpaired) electrons. The van der Waals surface area contributed by atoms with E-state index in [0.29, 0.717) is 18.5 Å². The van der Waals surface area contributed by atoms with Gasteiger partial charge in [0.05, 0.1) is 13.2 Å². The maximum atomic E-state index is 12.2. The van der Waals surface area contributed by atoms with Gasteiger partial charge in [-0.15, -0.1) is 0 Å². The molecule has 1 aromatic carbocycles. The molecule has 6 heteroatoms. The minimum atomic E-state index is -0.125. The number of amides is 2. The molecule has 2 amide bonds. The number of likely N-dealkylation sites (tertiary alicyclic amines) is 1. The smallest absolute Gasteiger partial charge is 0.251 e. The number of ether oxygens (including phenoxy) is 1. The SMILES string of the molecule is O=C(NCCC(=O)N1CCCCC1)c1ccc(N2CCOCC2)cc1. The van der Waals surface area contributed by atoms with Gasteiger partial charge < -0.3 is 19.9 Å². The lowest BCUT2D eigenvalue weighted by Gasteiger charge is -2.28. The lowest BCUT2D eigenvalue weighted by molar-refractivity contribution is -0.131. The number of carbonyl (C=O) groups excluding carboxylic acids is 2. The van der Waals surface area contributed by atoms with Gasteiger partial charge in [0.2, 0.25) is 5.91 Å². The molecule has 25 heavy (non-hydrogen) atoms. The minimum Gasteiger partial charge on any atom is -0.378 e. The number of rotatable bonds is 5. The van der Waals surface area contributed by atoms with E-state index < -0.39 is 0 Å². The van der Waals surface area contributed by atoms with Gasteiger partial charge in [0.25, 0.3) is 5.91 Å². The van der Waals surface area contributed by atoms with Crippen molar-refractivity contribution in [2.75, 3.05) is 50.8 Å². The van der Waals surface area contributed by atoms with E-state index in [1.807, 2.05) is 29.2 Å². The Hall–Kier alpha value is -2.08. The Balaban J connectivity index is 1.43. The van der Waals surface area contributed by atoms with Crippen LogP contribution < -0.4 is 10.2 Å². The summed E-state index contributed by atoms with van der Waals surface area (Å²) in [6, 6.07) is 7.62. The number of hydrogen-bond donors (Lipinski definition) is 1. The number of nitrogens with zero attached hydrogens (tertiary/aromatic N) is 2. The molecule has 0 saturated carbocycles. The molecular weight excluding hydrogens is 318 g/mol. The van der Waals surface area contributed by atoms with E-state index in [-0.39, 0.29) is 11.8 Å². The van der Waals surface area contributed by atoms with Gasteiger partial charge in [0, 0.05) is 50.4 Å². The summed E-state index contributed by atoms with van der Waals surface area (Å²) in [6.07, 6.45) is 3.76. The highest BCUT2D eigenvalue weighted by molar-refractivity contribution is 5.94. The third-order valence-corrected chi connectivity index (χ3v) is 4.84. The first-order valence-electron chi connectivity index (χ1n) is 9.23. The normalized spacial score (nSPS) is 18.1. The maximum Gasteiger partial charge on any atom is 0.251 e. The van der Waals surface area contributed by atoms with Crippen LogP contribution in [-0.4, -0.2) is 62.7 Å². The first kappa shape index (κ1) is 17.7. The van der Waals surface area contributed by atoms with Crippen molar-refractivity contribution in [3.05, 3.63) is 29.8 Å². The van der Waals surface area contributed by atoms with Gasteiger partial charge in [-0.05, 0) is 43.5 Å². The summed E-state index contributed by atoms with van der Waals surface area (Å²) in [5.74, 6) is 0.0163. The predicted molar refractivity (Wildman–Crippen MR) is 96.9 cm³/mol. The summed E-state index contributed by atoms with van der Waals surface area (Å²) in [4.78, 5) is 28.5. The van der Waals surface area contributed by atoms with Crippen molar-refractivity contribution >= 4 is 17.5 Å². The molecule has 136 valence electrons. The monoisotopic (exact) mass is 345 g/mol. The molecule has 2 fully saturated rings. The third kappa shape index (κ3) is 4.95. The summed E-state index contributed by atoms with van der Waals surface area (Å²) in [5, 5.41) is 2.85. The molecule has 2 aliphatic rings. The number of benzene rings is 1. The van der Waals surface area contributed by atoms with Crippen LogP contribution in [0.2, 0.25) is 0 Å². The van der Waals surface area contributed by atoms with Gasteiger partial charge in [0.15, 0.2) is 0 Å². The Morgan fingerprint density at radius 1 is 0.960 bits per heavy atom. The highest BCUT2D eigenvalue weighted by atomic mass is 16.5. The van der Waals surface area contributed by atoms with Gasteiger partial charge in [-0.1, -0.05) is 0 Å². The highest BCUT2D eigenvalue weighted by Gasteiger charge is 2.16. The highest BCUT2D eigenvalue weighted by Crippen LogP contribution is 2.16. The Labute approximate surface area is 149 Å². The second-order valence-electron chi connectivity index (χ2n) is 6.59. The molecule has 0 aliphatic carbocycles. The summed E-state index contributed by atoms with van der Waals surface area (Å²) < 4.78 is 5.35. The number of carbonyl (C=O) groups is 2. The van der Waals surface area contributed by atoms with Crippen LogP contribution in [-0.2, 0) is 9.53 Å². The Kier molecular flexibility index (Phi) is 6.28. The number of hydrogen-bond acceptors (Lipinski definition) is 4. The van der Waals surface area contributed by atoms with E-state index in [4.69, 9.17) is 4.74 Å². The maximum absolute atomic E-state index is 12.2. The minimum absolute atomic E-state index is 0.125. The molecule has 6 nitrogen and oxygen atoms in total. The Morgan fingerprint density at radius 2 is 1.64 bits per heavy atom. The molecular formula is C19H27N3O3. The molecule has 2 aliphatic heterocycles. The van der Waals surface area contributed by atoms with Crippen molar-refractivity contribution in [1.29, 1.82) is 0 Å². The lowest BCUT2D eigenvalue weighted by atomic mass is 10.1. The van der Waals surface area contributed by atoms with Crippen LogP contribution in [0, 0.1) is 0 Å². The van der Waals surface area contributed by atoms with E-state index in [9.17, 15) is 9.59 Å². The largest absolute Gasteiger partial charge is 0.378 e. The van der Waals surface area contributed by atoms with E-state index >= 15 is 0 Å². The fraction of sp³-hybridized carbons (Fsp3) is 0.579. The van der Waals surface area contributed by atoms with Crippen molar-refractivity contribution in [1.82, 2.24) is 10.2 Å². The van der Waals surface area contributed by atoms with Crippen LogP contribution in [0.1, 0.15) is 36.0 Å². The van der Waals surface area contributed by atoms with Crippen molar-refractivity contribution in [2.24, 2.45) is 0 Å². The van der Waals surface area contributed by atoms with E-state index in [2.05, 4.69) is 10.2 Å². The van der Waals surface area contributed by atoms with Gasteiger partial charge in [-0.3, -0.25) is 9.59 Å². The van der Waals surface area contributed by atoms with Crippen molar-refractivity contribution < 1.29 is 14.3 Å². The van der Waals surface area contributed by atoms with Crippen molar-refractivity contribution in [3.63, 3.8) is 0 Å². The van der Waals surface area contributed by atoms with Crippen molar-refractivity contribution in [3.8, 4) is 0 Å². The van der Waals surface area contributed by atoms with Gasteiger partial charge >= 0.3 is 0 Å². The van der Waals surface area contributed by atoms with Crippen LogP contribution >= 0.6 is 0 Å². The van der Waals surface area contributed by atoms with Crippen LogP contribution in [0.5, 0.6) is 0 Å². The lowest BCUT2D eigenvalue weighted by Crippen LogP contribution is -2.37. The molecule has 2 heterocycles. The second-order valence-corrected chi connectivity index (χ2v) is 6.59. The summed E-state index contributed by atoms with van der Waals surface area (Å²) in [7, 11) is 0. The number of piperidine rings is 1. The molecule has 0 atom stereocenters. The zero-order valence-electron chi connectivity index (χ0n) is 14.7. The molecule has 3 rings (SSSR count). The number of nitrogens with one attached hydrogen (secondary N) is 1. The predicted octanol–water partition coefficient (Wildman–Crippen LogP) is 1.66. The summed E-state index contributed by atoms with van der Waals surface area (Å²) in [6.45, 7) is 5.35. The fourth-order valence-electron chi connectivity index (χ4n) is 3.33. The van der Waals surface area contributed by atoms with Crippen LogP contribution in [0.25, 0.3) is 0 Å². The van der Waals surface area contributed by atoms with Crippen LogP contribution in [0.4, 0.5) is 5.69 Å². The van der Waals surface area contributed by atoms with Gasteiger partial charge in [-0.2, -0.15) is 0 Å². The van der Waals surface area contributed by atoms with Crippen LogP contribution in [0.3, 0.4) is 0 Å². The Morgan fingerprint density at radius 3 is 2.32 bits per heavy atom. The molecule has 0 unspecified atom stereocenters. The molecule has 0 bridgehead atoms. The molecule has 1 aromatic rings. The number of anilines is 1. The zero-order chi connectivity index (χ0) is 17.5. The third-order valence-electron chi connectivity index (χ3n) is 4.84. The average molecular weight is 345 g/mol. The van der Waals surface area contributed by atoms with Gasteiger partial charge in [-0.25, -0.2) is 0 Å². The molecule has 1 N–H and O–H groups in total. The molecule has 2 saturated heterocycles. The number of morpholine rings is 1. The first-order chi connectivity index (χ1) is 12.2. The molecule has 0 aromatic heterocycles. The van der Waals surface area contributed by atoms with E-state index in [0.717, 1.165) is 57.9 Å². The van der Waals surface area contributed by atoms with E-state index in [1.165, 1.54) is 6.42 Å². The molecule has 0 spiro atoms. The Bertz CT molecular complexity index is 576. The summed E-state index contributed by atoms with van der Waals surface area (Å²) >= 11 is 0. The van der Waals surface area contributed by atoms with Crippen LogP contribution in [0.15, 0.2) is 24.3 Å². The van der Waals surface area contributed by atoms with E-state index in [1.54, 1.807) is 0 Å². The van der Waals surface area contributed by atoms with Crippen molar-refractivity contribution in [2.45, 2.75) is 25.7 Å². The second kappa shape index (κ2) is 8.85. The quantitative estimate of drug-likeness (QED) is 0.882.